The predicted molar refractivity (Wildman–Crippen MR) is 41.2 cm³/mol. The number of nitrogens with zero attached hydrogens (tertiary/aromatic N) is 1. The maximum atomic E-state index is 6.74. The maximum absolute atomic E-state index is 6.74. The van der Waals surface area contributed by atoms with Crippen molar-refractivity contribution in [3.8, 4) is 0 Å². The molecule has 0 fully saturated rings. The van der Waals surface area contributed by atoms with Gasteiger partial charge in [0.1, 0.15) is 5.82 Å². The molecule has 0 saturated heterocycles. The largest absolute Gasteiger partial charge is 0.345 e. The molecule has 0 aliphatic carbocycles. The first-order valence-electron chi connectivity index (χ1n) is 2.70. The van der Waals surface area contributed by atoms with Crippen LogP contribution in [-0.4, -0.2) is 16.2 Å². The van der Waals surface area contributed by atoms with Gasteiger partial charge in [-0.15, -0.1) is 0 Å². The molecular formula is C6H6ClN3. The highest BCUT2D eigenvalue weighted by atomic mass is 35.5. The number of halogens is 1. The van der Waals surface area contributed by atoms with Crippen LogP contribution >= 0.6 is 11.6 Å². The molecule has 0 bridgehead atoms. The van der Waals surface area contributed by atoms with Crippen LogP contribution in [0, 0.1) is 5.41 Å². The second-order valence-corrected chi connectivity index (χ2v) is 2.08. The summed E-state index contributed by atoms with van der Waals surface area (Å²) in [5.74, 6) is 0.661. The van der Waals surface area contributed by atoms with Crippen molar-refractivity contribution in [3.63, 3.8) is 0 Å². The Kier molecular flexibility index (Phi) is 2.23. The lowest BCUT2D eigenvalue weighted by Crippen LogP contribution is -1.76. The van der Waals surface area contributed by atoms with Crippen molar-refractivity contribution >= 4 is 23.9 Å². The van der Waals surface area contributed by atoms with E-state index in [0.29, 0.717) is 10.9 Å². The van der Waals surface area contributed by atoms with Crippen LogP contribution in [0.15, 0.2) is 17.4 Å². The molecule has 3 nitrogen and oxygen atoms in total. The third kappa shape index (κ3) is 1.70. The van der Waals surface area contributed by atoms with Gasteiger partial charge in [-0.05, 0) is 0 Å². The number of rotatable bonds is 2. The Morgan fingerprint density at radius 3 is 3.10 bits per heavy atom. The van der Waals surface area contributed by atoms with Crippen LogP contribution in [0.3, 0.4) is 0 Å². The normalized spacial score (nSPS) is 11.5. The highest BCUT2D eigenvalue weighted by Gasteiger charge is 1.88. The van der Waals surface area contributed by atoms with E-state index >= 15 is 0 Å². The molecule has 1 aromatic rings. The SMILES string of the molecule is N=C/C(Cl)=C\c1ncc[nH]1. The third-order valence-electron chi connectivity index (χ3n) is 0.932. The van der Waals surface area contributed by atoms with Crippen LogP contribution in [0.4, 0.5) is 0 Å². The van der Waals surface area contributed by atoms with Crippen LogP contribution < -0.4 is 0 Å². The van der Waals surface area contributed by atoms with Crippen molar-refractivity contribution in [2.75, 3.05) is 0 Å². The minimum atomic E-state index is 0.356. The number of aromatic nitrogens is 2. The zero-order valence-electron chi connectivity index (χ0n) is 5.13. The van der Waals surface area contributed by atoms with Gasteiger partial charge in [0.15, 0.2) is 0 Å². The van der Waals surface area contributed by atoms with E-state index in [-0.39, 0.29) is 0 Å². The fourth-order valence-electron chi connectivity index (χ4n) is 0.529. The van der Waals surface area contributed by atoms with Gasteiger partial charge in [-0.2, -0.15) is 0 Å². The highest BCUT2D eigenvalue weighted by Crippen LogP contribution is 2.02. The van der Waals surface area contributed by atoms with Gasteiger partial charge in [-0.25, -0.2) is 4.98 Å². The van der Waals surface area contributed by atoms with Crippen molar-refractivity contribution in [1.82, 2.24) is 9.97 Å². The number of nitrogens with one attached hydrogen (secondary N) is 2. The molecule has 0 saturated carbocycles. The molecule has 0 spiro atoms. The first kappa shape index (κ1) is 7.02. The zero-order valence-corrected chi connectivity index (χ0v) is 5.89. The fraction of sp³-hybridized carbons (Fsp3) is 0. The number of imidazole rings is 1. The Bertz CT molecular complexity index is 238. The van der Waals surface area contributed by atoms with E-state index in [1.807, 2.05) is 0 Å². The monoisotopic (exact) mass is 155 g/mol. The van der Waals surface area contributed by atoms with Crippen molar-refractivity contribution in [2.45, 2.75) is 0 Å². The number of aromatic amines is 1. The summed E-state index contributed by atoms with van der Waals surface area (Å²) >= 11 is 5.51. The van der Waals surface area contributed by atoms with Crippen LogP contribution in [0.25, 0.3) is 6.08 Å². The van der Waals surface area contributed by atoms with Crippen molar-refractivity contribution in [1.29, 1.82) is 5.41 Å². The molecule has 2 N–H and O–H groups in total. The summed E-state index contributed by atoms with van der Waals surface area (Å²) in [6.07, 6.45) is 5.96. The molecule has 0 atom stereocenters. The van der Waals surface area contributed by atoms with Crippen LogP contribution in [0.1, 0.15) is 5.82 Å². The summed E-state index contributed by atoms with van der Waals surface area (Å²) in [7, 11) is 0. The first-order valence-corrected chi connectivity index (χ1v) is 3.08. The molecule has 10 heavy (non-hydrogen) atoms. The summed E-state index contributed by atoms with van der Waals surface area (Å²) < 4.78 is 0. The van der Waals surface area contributed by atoms with Gasteiger partial charge in [-0.1, -0.05) is 11.6 Å². The molecule has 1 rings (SSSR count). The van der Waals surface area contributed by atoms with Gasteiger partial charge >= 0.3 is 0 Å². The topological polar surface area (TPSA) is 52.5 Å². The van der Waals surface area contributed by atoms with Gasteiger partial charge in [-0.3, -0.25) is 0 Å². The van der Waals surface area contributed by atoms with E-state index in [1.54, 1.807) is 18.5 Å². The number of H-pyrrole nitrogens is 1. The summed E-state index contributed by atoms with van der Waals surface area (Å²) in [5.41, 5.74) is 0. The zero-order chi connectivity index (χ0) is 7.40. The van der Waals surface area contributed by atoms with Gasteiger partial charge in [0.25, 0.3) is 0 Å². The smallest absolute Gasteiger partial charge is 0.131 e. The molecule has 0 aliphatic rings. The second-order valence-electron chi connectivity index (χ2n) is 1.65. The minimum Gasteiger partial charge on any atom is -0.345 e. The van der Waals surface area contributed by atoms with E-state index in [0.717, 1.165) is 6.21 Å². The summed E-state index contributed by atoms with van der Waals surface area (Å²) in [6, 6.07) is 0. The van der Waals surface area contributed by atoms with Crippen molar-refractivity contribution in [3.05, 3.63) is 23.3 Å². The molecule has 52 valence electrons. The molecule has 0 unspecified atom stereocenters. The highest BCUT2D eigenvalue weighted by molar-refractivity contribution is 6.40. The summed E-state index contributed by atoms with van der Waals surface area (Å²) in [4.78, 5) is 6.71. The lowest BCUT2D eigenvalue weighted by atomic mass is 10.5. The van der Waals surface area contributed by atoms with E-state index in [9.17, 15) is 0 Å². The number of hydrogen-bond donors (Lipinski definition) is 2. The standard InChI is InChI=1S/C6H6ClN3/c7-5(4-8)3-6-9-1-2-10-6/h1-4,8H,(H,9,10)/b5-3+,8-4?. The third-order valence-corrected chi connectivity index (χ3v) is 1.15. The fourth-order valence-corrected chi connectivity index (χ4v) is 0.632. The minimum absolute atomic E-state index is 0.356. The maximum Gasteiger partial charge on any atom is 0.131 e. The molecule has 0 aliphatic heterocycles. The Hall–Kier alpha value is -1.09. The Morgan fingerprint density at radius 1 is 1.80 bits per heavy atom. The Labute approximate surface area is 63.3 Å². The van der Waals surface area contributed by atoms with E-state index in [4.69, 9.17) is 17.0 Å². The van der Waals surface area contributed by atoms with Gasteiger partial charge in [0.2, 0.25) is 0 Å². The molecule has 0 aromatic carbocycles. The lowest BCUT2D eigenvalue weighted by Gasteiger charge is -1.83. The molecular weight excluding hydrogens is 150 g/mol. The molecule has 1 aromatic heterocycles. The average molecular weight is 156 g/mol. The van der Waals surface area contributed by atoms with E-state index < -0.39 is 0 Å². The Balaban J connectivity index is 2.80. The molecule has 1 heterocycles. The van der Waals surface area contributed by atoms with Crippen LogP contribution in [0.2, 0.25) is 0 Å². The number of allylic oxidation sites excluding steroid dienone is 1. The summed E-state index contributed by atoms with van der Waals surface area (Å²) in [6.45, 7) is 0. The van der Waals surface area contributed by atoms with Crippen molar-refractivity contribution in [2.24, 2.45) is 0 Å². The van der Waals surface area contributed by atoms with Gasteiger partial charge in [0.05, 0.1) is 5.03 Å². The predicted octanol–water partition coefficient (Wildman–Crippen LogP) is 1.64. The van der Waals surface area contributed by atoms with E-state index in [2.05, 4.69) is 9.97 Å². The lowest BCUT2D eigenvalue weighted by molar-refractivity contribution is 1.26. The molecule has 4 heteroatoms. The van der Waals surface area contributed by atoms with Crippen LogP contribution in [-0.2, 0) is 0 Å². The Morgan fingerprint density at radius 2 is 2.60 bits per heavy atom. The van der Waals surface area contributed by atoms with Gasteiger partial charge in [0, 0.05) is 24.7 Å². The molecule has 0 amide bonds. The number of hydrogen-bond acceptors (Lipinski definition) is 2. The first-order chi connectivity index (χ1) is 4.83. The molecule has 0 radical (unpaired) electrons. The van der Waals surface area contributed by atoms with Crippen LogP contribution in [0.5, 0.6) is 0 Å². The van der Waals surface area contributed by atoms with Crippen molar-refractivity contribution < 1.29 is 0 Å². The summed E-state index contributed by atoms with van der Waals surface area (Å²) in [5, 5.41) is 7.10. The van der Waals surface area contributed by atoms with E-state index in [1.165, 1.54) is 0 Å². The quantitative estimate of drug-likeness (QED) is 0.627. The second kappa shape index (κ2) is 3.17. The van der Waals surface area contributed by atoms with Gasteiger partial charge < -0.3 is 10.4 Å². The average Bonchev–Trinajstić information content (AvgIpc) is 2.40.